The summed E-state index contributed by atoms with van der Waals surface area (Å²) >= 11 is 5.02. The summed E-state index contributed by atoms with van der Waals surface area (Å²) < 4.78 is 38.7. The number of piperazine rings is 1. The Hall–Kier alpha value is -0.110. The first-order valence-corrected chi connectivity index (χ1v) is 8.25. The Morgan fingerprint density at radius 2 is 2.05 bits per heavy atom. The van der Waals surface area contributed by atoms with Crippen LogP contribution >= 0.6 is 27.3 Å². The topological polar surface area (TPSA) is 15.3 Å². The minimum absolute atomic E-state index is 0.131. The molecule has 0 saturated carbocycles. The molecule has 0 unspecified atom stereocenters. The molecule has 2 rings (SSSR count). The minimum atomic E-state index is -4.09. The van der Waals surface area contributed by atoms with E-state index in [0.29, 0.717) is 0 Å². The van der Waals surface area contributed by atoms with E-state index in [9.17, 15) is 13.2 Å². The largest absolute Gasteiger partial charge is 0.389 e. The van der Waals surface area contributed by atoms with Gasteiger partial charge in [0.25, 0.3) is 0 Å². The smallest absolute Gasteiger partial charge is 0.314 e. The van der Waals surface area contributed by atoms with E-state index in [4.69, 9.17) is 0 Å². The van der Waals surface area contributed by atoms with Crippen LogP contribution in [0.2, 0.25) is 0 Å². The lowest BCUT2D eigenvalue weighted by Crippen LogP contribution is -2.45. The van der Waals surface area contributed by atoms with Crippen molar-refractivity contribution in [1.29, 1.82) is 0 Å². The normalized spacial score (nSPS) is 19.2. The van der Waals surface area contributed by atoms with Crippen LogP contribution in [0, 0.1) is 6.92 Å². The van der Waals surface area contributed by atoms with Gasteiger partial charge in [0.2, 0.25) is 0 Å². The standard InChI is InChI=1S/C13H18BrF3N2S/c1-9-8-11(20-12(9)14)10(2-3-13(15,16)17)19-6-4-18-5-7-19/h8,10,18H,2-7H2,1H3/t10-/m0/s1. The fraction of sp³-hybridized carbons (Fsp3) is 0.692. The van der Waals surface area contributed by atoms with E-state index in [-0.39, 0.29) is 12.5 Å². The lowest BCUT2D eigenvalue weighted by molar-refractivity contribution is -0.138. The number of nitrogens with one attached hydrogen (secondary N) is 1. The average molecular weight is 371 g/mol. The Kier molecular flexibility index (Phi) is 5.50. The molecule has 1 N–H and O–H groups in total. The van der Waals surface area contributed by atoms with E-state index in [1.54, 1.807) is 11.3 Å². The summed E-state index contributed by atoms with van der Waals surface area (Å²) in [7, 11) is 0. The van der Waals surface area contributed by atoms with Gasteiger partial charge in [-0.05, 0) is 40.9 Å². The molecule has 0 radical (unpaired) electrons. The van der Waals surface area contributed by atoms with Gasteiger partial charge in [-0.15, -0.1) is 11.3 Å². The minimum Gasteiger partial charge on any atom is -0.314 e. The molecule has 2 nitrogen and oxygen atoms in total. The second-order valence-corrected chi connectivity index (χ2v) is 7.46. The number of thiophene rings is 1. The zero-order valence-electron chi connectivity index (χ0n) is 11.3. The molecule has 2 heterocycles. The number of hydrogen-bond donors (Lipinski definition) is 1. The van der Waals surface area contributed by atoms with Crippen molar-refractivity contribution in [1.82, 2.24) is 10.2 Å². The van der Waals surface area contributed by atoms with E-state index in [2.05, 4.69) is 26.1 Å². The van der Waals surface area contributed by atoms with Crippen LogP contribution in [0.4, 0.5) is 13.2 Å². The van der Waals surface area contributed by atoms with Crippen molar-refractivity contribution in [3.05, 3.63) is 20.3 Å². The Bertz CT molecular complexity index is 422. The monoisotopic (exact) mass is 370 g/mol. The molecular weight excluding hydrogens is 353 g/mol. The molecule has 0 spiro atoms. The fourth-order valence-electron chi connectivity index (χ4n) is 2.45. The van der Waals surface area contributed by atoms with Crippen LogP contribution in [0.5, 0.6) is 0 Å². The number of aryl methyl sites for hydroxylation is 1. The third-order valence-electron chi connectivity index (χ3n) is 3.50. The van der Waals surface area contributed by atoms with E-state index >= 15 is 0 Å². The van der Waals surface area contributed by atoms with Gasteiger partial charge >= 0.3 is 6.18 Å². The van der Waals surface area contributed by atoms with E-state index < -0.39 is 12.6 Å². The zero-order valence-corrected chi connectivity index (χ0v) is 13.7. The molecule has 1 atom stereocenters. The fourth-order valence-corrected chi connectivity index (χ4v) is 4.19. The molecule has 1 aliphatic heterocycles. The maximum Gasteiger partial charge on any atom is 0.389 e. The summed E-state index contributed by atoms with van der Waals surface area (Å²) in [6.45, 7) is 5.26. The number of halogens is 4. The van der Waals surface area contributed by atoms with Gasteiger partial charge in [-0.25, -0.2) is 0 Å². The van der Waals surface area contributed by atoms with Crippen molar-refractivity contribution in [2.75, 3.05) is 26.2 Å². The second-order valence-electron chi connectivity index (χ2n) is 5.06. The highest BCUT2D eigenvalue weighted by atomic mass is 79.9. The first-order chi connectivity index (χ1) is 9.37. The number of hydrogen-bond acceptors (Lipinski definition) is 3. The summed E-state index contributed by atoms with van der Waals surface area (Å²) in [6, 6.07) is 1.88. The lowest BCUT2D eigenvalue weighted by Gasteiger charge is -2.34. The molecule has 1 aromatic rings. The highest BCUT2D eigenvalue weighted by molar-refractivity contribution is 9.11. The molecule has 1 saturated heterocycles. The summed E-state index contributed by atoms with van der Waals surface area (Å²) in [5.41, 5.74) is 1.09. The van der Waals surface area contributed by atoms with Crippen LogP contribution < -0.4 is 5.32 Å². The Balaban J connectivity index is 2.14. The molecule has 7 heteroatoms. The Morgan fingerprint density at radius 1 is 1.40 bits per heavy atom. The molecule has 20 heavy (non-hydrogen) atoms. The molecule has 1 aliphatic rings. The van der Waals surface area contributed by atoms with Crippen molar-refractivity contribution in [3.63, 3.8) is 0 Å². The van der Waals surface area contributed by atoms with Gasteiger partial charge < -0.3 is 5.32 Å². The van der Waals surface area contributed by atoms with Crippen molar-refractivity contribution in [2.24, 2.45) is 0 Å². The molecule has 1 aromatic heterocycles. The molecule has 0 aromatic carbocycles. The highest BCUT2D eigenvalue weighted by Gasteiger charge is 2.32. The van der Waals surface area contributed by atoms with E-state index in [1.807, 2.05) is 13.0 Å². The Morgan fingerprint density at radius 3 is 2.55 bits per heavy atom. The van der Waals surface area contributed by atoms with Crippen LogP contribution in [0.25, 0.3) is 0 Å². The summed E-state index contributed by atoms with van der Waals surface area (Å²) in [5, 5.41) is 3.24. The van der Waals surface area contributed by atoms with E-state index in [1.165, 1.54) is 0 Å². The quantitative estimate of drug-likeness (QED) is 0.857. The third kappa shape index (κ3) is 4.44. The van der Waals surface area contributed by atoms with Crippen LogP contribution in [0.3, 0.4) is 0 Å². The lowest BCUT2D eigenvalue weighted by atomic mass is 10.1. The maximum absolute atomic E-state index is 12.5. The first kappa shape index (κ1) is 16.3. The van der Waals surface area contributed by atoms with Gasteiger partial charge in [-0.2, -0.15) is 13.2 Å². The predicted octanol–water partition coefficient (Wildman–Crippen LogP) is 4.11. The van der Waals surface area contributed by atoms with Gasteiger partial charge in [-0.3, -0.25) is 4.90 Å². The van der Waals surface area contributed by atoms with Gasteiger partial charge in [0.15, 0.2) is 0 Å². The molecule has 1 fully saturated rings. The van der Waals surface area contributed by atoms with Gasteiger partial charge in [0.1, 0.15) is 0 Å². The van der Waals surface area contributed by atoms with Gasteiger partial charge in [0, 0.05) is 43.5 Å². The van der Waals surface area contributed by atoms with Crippen molar-refractivity contribution in [2.45, 2.75) is 32.0 Å². The summed E-state index contributed by atoms with van der Waals surface area (Å²) in [5.74, 6) is 0. The molecular formula is C13H18BrF3N2S. The van der Waals surface area contributed by atoms with Crippen LogP contribution in [-0.4, -0.2) is 37.3 Å². The molecule has 0 bridgehead atoms. The van der Waals surface area contributed by atoms with Crippen LogP contribution in [0.15, 0.2) is 9.85 Å². The predicted molar refractivity (Wildman–Crippen MR) is 79.2 cm³/mol. The van der Waals surface area contributed by atoms with Crippen molar-refractivity contribution in [3.8, 4) is 0 Å². The van der Waals surface area contributed by atoms with Crippen LogP contribution in [-0.2, 0) is 0 Å². The number of rotatable bonds is 4. The average Bonchev–Trinajstić information content (AvgIpc) is 2.69. The number of nitrogens with zero attached hydrogens (tertiary/aromatic N) is 1. The second kappa shape index (κ2) is 6.77. The Labute approximate surface area is 129 Å². The summed E-state index contributed by atoms with van der Waals surface area (Å²) in [6.07, 6.45) is -4.68. The molecule has 114 valence electrons. The summed E-state index contributed by atoms with van der Waals surface area (Å²) in [4.78, 5) is 3.19. The highest BCUT2D eigenvalue weighted by Crippen LogP contribution is 2.38. The van der Waals surface area contributed by atoms with Gasteiger partial charge in [0.05, 0.1) is 3.79 Å². The first-order valence-electron chi connectivity index (χ1n) is 6.64. The maximum atomic E-state index is 12.5. The van der Waals surface area contributed by atoms with Crippen molar-refractivity contribution >= 4 is 27.3 Å². The zero-order chi connectivity index (χ0) is 14.8. The SMILES string of the molecule is Cc1cc([C@H](CCC(F)(F)F)N2CCNCC2)sc1Br. The molecule has 0 aliphatic carbocycles. The van der Waals surface area contributed by atoms with Gasteiger partial charge in [-0.1, -0.05) is 0 Å². The van der Waals surface area contributed by atoms with Crippen molar-refractivity contribution < 1.29 is 13.2 Å². The third-order valence-corrected chi connectivity index (χ3v) is 5.74. The van der Waals surface area contributed by atoms with Crippen LogP contribution in [0.1, 0.15) is 29.3 Å². The molecule has 0 amide bonds. The van der Waals surface area contributed by atoms with E-state index in [0.717, 1.165) is 40.4 Å². The number of alkyl halides is 3.